The van der Waals surface area contributed by atoms with E-state index in [0.29, 0.717) is 11.8 Å². The Kier molecular flexibility index (Phi) is 6.32. The minimum absolute atomic E-state index is 0.110. The van der Waals surface area contributed by atoms with Gasteiger partial charge >= 0.3 is 0 Å². The van der Waals surface area contributed by atoms with E-state index in [2.05, 4.69) is 26.1 Å². The summed E-state index contributed by atoms with van der Waals surface area (Å²) >= 11 is 0. The molecule has 1 atom stereocenters. The van der Waals surface area contributed by atoms with Gasteiger partial charge in [0.05, 0.1) is 5.60 Å². The molecule has 1 aromatic carbocycles. The Bertz CT molecular complexity index is 360. The van der Waals surface area contributed by atoms with Crippen molar-refractivity contribution in [3.8, 4) is 5.75 Å². The van der Waals surface area contributed by atoms with Crippen LogP contribution in [-0.4, -0.2) is 29.9 Å². The van der Waals surface area contributed by atoms with Gasteiger partial charge in [0, 0.05) is 19.2 Å². The molecule has 0 saturated heterocycles. The lowest BCUT2D eigenvalue weighted by atomic mass is 10.0. The van der Waals surface area contributed by atoms with Crippen LogP contribution in [0.15, 0.2) is 24.3 Å². The molecule has 1 rings (SSSR count). The Balaban J connectivity index is 2.28. The third-order valence-electron chi connectivity index (χ3n) is 3.21. The van der Waals surface area contributed by atoms with E-state index in [0.717, 1.165) is 26.0 Å². The Labute approximate surface area is 117 Å². The monoisotopic (exact) mass is 265 g/mol. The third-order valence-corrected chi connectivity index (χ3v) is 3.21. The van der Waals surface area contributed by atoms with Gasteiger partial charge in [0.1, 0.15) is 5.75 Å². The van der Waals surface area contributed by atoms with Gasteiger partial charge in [-0.2, -0.15) is 0 Å². The molecule has 0 amide bonds. The number of nitrogens with one attached hydrogen (secondary N) is 1. The summed E-state index contributed by atoms with van der Waals surface area (Å²) in [6, 6.07) is 7.89. The minimum Gasteiger partial charge on any atom is -0.508 e. The van der Waals surface area contributed by atoms with Crippen LogP contribution in [0.1, 0.15) is 39.7 Å². The molecule has 0 bridgehead atoms. The first-order chi connectivity index (χ1) is 8.93. The second-order valence-corrected chi connectivity index (χ2v) is 5.68. The highest BCUT2D eigenvalue weighted by Gasteiger charge is 2.18. The van der Waals surface area contributed by atoms with Gasteiger partial charge in [0.2, 0.25) is 0 Å². The van der Waals surface area contributed by atoms with E-state index >= 15 is 0 Å². The number of phenols is 1. The Morgan fingerprint density at radius 2 is 1.89 bits per heavy atom. The van der Waals surface area contributed by atoms with Crippen molar-refractivity contribution in [2.75, 3.05) is 13.2 Å². The fraction of sp³-hybridized carbons (Fsp3) is 0.625. The zero-order valence-electron chi connectivity index (χ0n) is 12.6. The number of hydrogen-bond acceptors (Lipinski definition) is 3. The van der Waals surface area contributed by atoms with Gasteiger partial charge in [-0.25, -0.2) is 0 Å². The van der Waals surface area contributed by atoms with E-state index in [-0.39, 0.29) is 5.60 Å². The average Bonchev–Trinajstić information content (AvgIpc) is 2.36. The molecule has 0 fully saturated rings. The molecule has 0 spiro atoms. The summed E-state index contributed by atoms with van der Waals surface area (Å²) in [5.41, 5.74) is 1.15. The van der Waals surface area contributed by atoms with Gasteiger partial charge in [0.15, 0.2) is 0 Å². The van der Waals surface area contributed by atoms with Crippen LogP contribution in [0.4, 0.5) is 0 Å². The first-order valence-corrected chi connectivity index (χ1v) is 7.08. The molecule has 3 heteroatoms. The number of benzene rings is 1. The van der Waals surface area contributed by atoms with Crippen LogP contribution in [0.3, 0.4) is 0 Å². The topological polar surface area (TPSA) is 41.5 Å². The highest BCUT2D eigenvalue weighted by molar-refractivity contribution is 5.25. The molecule has 1 unspecified atom stereocenters. The largest absolute Gasteiger partial charge is 0.508 e. The number of aryl methyl sites for hydroxylation is 1. The van der Waals surface area contributed by atoms with E-state index in [1.165, 1.54) is 5.56 Å². The van der Waals surface area contributed by atoms with Gasteiger partial charge in [0.25, 0.3) is 0 Å². The fourth-order valence-electron chi connectivity index (χ4n) is 2.01. The number of ether oxygens (including phenoxy) is 1. The molecular formula is C16H27NO2. The van der Waals surface area contributed by atoms with Crippen molar-refractivity contribution in [1.82, 2.24) is 5.32 Å². The Hall–Kier alpha value is -1.06. The zero-order chi connectivity index (χ0) is 14.3. The van der Waals surface area contributed by atoms with Crippen molar-refractivity contribution in [2.24, 2.45) is 0 Å². The van der Waals surface area contributed by atoms with Crippen molar-refractivity contribution in [3.63, 3.8) is 0 Å². The SMILES string of the molecule is CCOC(C)(C)CNC(C)CCc1ccc(O)cc1. The summed E-state index contributed by atoms with van der Waals surface area (Å²) < 4.78 is 5.67. The molecular weight excluding hydrogens is 238 g/mol. The third kappa shape index (κ3) is 6.60. The maximum absolute atomic E-state index is 9.23. The first kappa shape index (κ1) is 16.0. The fourth-order valence-corrected chi connectivity index (χ4v) is 2.01. The lowest BCUT2D eigenvalue weighted by molar-refractivity contribution is -0.0104. The van der Waals surface area contributed by atoms with Crippen molar-refractivity contribution < 1.29 is 9.84 Å². The highest BCUT2D eigenvalue weighted by atomic mass is 16.5. The van der Waals surface area contributed by atoms with E-state index in [4.69, 9.17) is 4.74 Å². The van der Waals surface area contributed by atoms with Crippen molar-refractivity contribution in [3.05, 3.63) is 29.8 Å². The molecule has 0 heterocycles. The van der Waals surface area contributed by atoms with Crippen molar-refractivity contribution >= 4 is 0 Å². The van der Waals surface area contributed by atoms with Crippen LogP contribution < -0.4 is 5.32 Å². The standard InChI is InChI=1S/C16H27NO2/c1-5-19-16(3,4)12-17-13(2)6-7-14-8-10-15(18)11-9-14/h8-11,13,17-18H,5-7,12H2,1-4H3. The van der Waals surface area contributed by atoms with Gasteiger partial charge in [-0.1, -0.05) is 12.1 Å². The molecule has 0 aromatic heterocycles. The highest BCUT2D eigenvalue weighted by Crippen LogP contribution is 2.12. The van der Waals surface area contributed by atoms with Crippen LogP contribution in [0, 0.1) is 0 Å². The molecule has 2 N–H and O–H groups in total. The van der Waals surface area contributed by atoms with Gasteiger partial charge in [-0.3, -0.25) is 0 Å². The zero-order valence-corrected chi connectivity index (χ0v) is 12.6. The summed E-state index contributed by atoms with van der Waals surface area (Å²) in [5, 5.41) is 12.7. The van der Waals surface area contributed by atoms with Crippen molar-refractivity contribution in [1.29, 1.82) is 0 Å². The molecule has 0 aliphatic heterocycles. The molecule has 1 aromatic rings. The number of aromatic hydroxyl groups is 1. The average molecular weight is 265 g/mol. The summed E-state index contributed by atoms with van der Waals surface area (Å²) in [5.74, 6) is 0.327. The summed E-state index contributed by atoms with van der Waals surface area (Å²) in [6.45, 7) is 10.0. The molecule has 0 aliphatic rings. The van der Waals surface area contributed by atoms with Crippen LogP contribution in [-0.2, 0) is 11.2 Å². The smallest absolute Gasteiger partial charge is 0.115 e. The lowest BCUT2D eigenvalue weighted by Crippen LogP contribution is -2.41. The normalized spacial score (nSPS) is 13.5. The molecule has 0 aliphatic carbocycles. The maximum atomic E-state index is 9.23. The second kappa shape index (κ2) is 7.51. The van der Waals surface area contributed by atoms with E-state index in [1.807, 2.05) is 19.1 Å². The molecule has 0 radical (unpaired) electrons. The van der Waals surface area contributed by atoms with E-state index in [9.17, 15) is 5.11 Å². The molecule has 19 heavy (non-hydrogen) atoms. The van der Waals surface area contributed by atoms with Crippen LogP contribution in [0.5, 0.6) is 5.75 Å². The number of hydrogen-bond donors (Lipinski definition) is 2. The van der Waals surface area contributed by atoms with E-state index < -0.39 is 0 Å². The number of rotatable bonds is 8. The van der Waals surface area contributed by atoms with Crippen LogP contribution >= 0.6 is 0 Å². The summed E-state index contributed by atoms with van der Waals surface area (Å²) in [4.78, 5) is 0. The second-order valence-electron chi connectivity index (χ2n) is 5.68. The predicted molar refractivity (Wildman–Crippen MR) is 79.6 cm³/mol. The summed E-state index contributed by atoms with van der Waals surface area (Å²) in [6.07, 6.45) is 2.09. The van der Waals surface area contributed by atoms with Gasteiger partial charge in [-0.05, 0) is 58.2 Å². The van der Waals surface area contributed by atoms with Gasteiger partial charge < -0.3 is 15.2 Å². The number of phenolic OH excluding ortho intramolecular Hbond substituents is 1. The van der Waals surface area contributed by atoms with Crippen molar-refractivity contribution in [2.45, 2.75) is 52.2 Å². The molecule has 108 valence electrons. The quantitative estimate of drug-likeness (QED) is 0.759. The Morgan fingerprint density at radius 1 is 1.26 bits per heavy atom. The maximum Gasteiger partial charge on any atom is 0.115 e. The van der Waals surface area contributed by atoms with Crippen LogP contribution in [0.25, 0.3) is 0 Å². The predicted octanol–water partition coefficient (Wildman–Crippen LogP) is 3.12. The Morgan fingerprint density at radius 3 is 2.47 bits per heavy atom. The molecule has 3 nitrogen and oxygen atoms in total. The van der Waals surface area contributed by atoms with Gasteiger partial charge in [-0.15, -0.1) is 0 Å². The summed E-state index contributed by atoms with van der Waals surface area (Å²) in [7, 11) is 0. The first-order valence-electron chi connectivity index (χ1n) is 7.08. The lowest BCUT2D eigenvalue weighted by Gasteiger charge is -2.27. The minimum atomic E-state index is -0.110. The van der Waals surface area contributed by atoms with E-state index in [1.54, 1.807) is 12.1 Å². The molecule has 0 saturated carbocycles. The van der Waals surface area contributed by atoms with Crippen LogP contribution in [0.2, 0.25) is 0 Å².